The van der Waals surface area contributed by atoms with Gasteiger partial charge in [-0.2, -0.15) is 0 Å². The Morgan fingerprint density at radius 1 is 1.33 bits per heavy atom. The molecule has 3 rings (SSSR count). The monoisotopic (exact) mass is 242 g/mol. The van der Waals surface area contributed by atoms with Crippen LogP contribution in [-0.2, 0) is 6.42 Å². The highest BCUT2D eigenvalue weighted by atomic mass is 16.4. The van der Waals surface area contributed by atoms with Gasteiger partial charge < -0.3 is 13.9 Å². The molecule has 3 aromatic heterocycles. The predicted octanol–water partition coefficient (Wildman–Crippen LogP) is 2.22. The first-order chi connectivity index (χ1) is 8.75. The first-order valence-electron chi connectivity index (χ1n) is 5.47. The summed E-state index contributed by atoms with van der Waals surface area (Å²) in [5.74, 6) is 0.380. The van der Waals surface area contributed by atoms with Crippen LogP contribution in [0.5, 0.6) is 0 Å². The highest BCUT2D eigenvalue weighted by Crippen LogP contribution is 2.16. The van der Waals surface area contributed by atoms with Crippen LogP contribution in [0.15, 0.2) is 47.2 Å². The minimum Gasteiger partial charge on any atom is -0.476 e. The van der Waals surface area contributed by atoms with Crippen LogP contribution in [0.1, 0.15) is 22.1 Å². The van der Waals surface area contributed by atoms with Gasteiger partial charge >= 0.3 is 5.97 Å². The van der Waals surface area contributed by atoms with E-state index in [0.29, 0.717) is 17.8 Å². The molecule has 5 heteroatoms. The van der Waals surface area contributed by atoms with E-state index in [2.05, 4.69) is 4.98 Å². The average molecular weight is 242 g/mol. The van der Waals surface area contributed by atoms with E-state index in [4.69, 9.17) is 9.52 Å². The number of hydrogen-bond donors (Lipinski definition) is 1. The Hall–Kier alpha value is -2.56. The molecule has 0 saturated heterocycles. The van der Waals surface area contributed by atoms with E-state index in [1.54, 1.807) is 35.1 Å². The van der Waals surface area contributed by atoms with Gasteiger partial charge in [-0.05, 0) is 24.3 Å². The summed E-state index contributed by atoms with van der Waals surface area (Å²) < 4.78 is 7.03. The topological polar surface area (TPSA) is 67.7 Å². The van der Waals surface area contributed by atoms with E-state index in [9.17, 15) is 4.79 Å². The number of aromatic carboxylic acids is 1. The van der Waals surface area contributed by atoms with E-state index in [1.807, 2.05) is 12.1 Å². The number of furan rings is 1. The second kappa shape index (κ2) is 4.03. The summed E-state index contributed by atoms with van der Waals surface area (Å²) >= 11 is 0. The molecule has 0 fully saturated rings. The molecule has 3 aromatic rings. The van der Waals surface area contributed by atoms with Crippen molar-refractivity contribution < 1.29 is 14.3 Å². The third-order valence-electron chi connectivity index (χ3n) is 2.74. The van der Waals surface area contributed by atoms with Gasteiger partial charge in [0.05, 0.1) is 18.2 Å². The van der Waals surface area contributed by atoms with E-state index in [-0.39, 0.29) is 5.69 Å². The van der Waals surface area contributed by atoms with Crippen LogP contribution in [-0.4, -0.2) is 20.5 Å². The van der Waals surface area contributed by atoms with Gasteiger partial charge in [0.25, 0.3) is 0 Å². The van der Waals surface area contributed by atoms with Crippen LogP contribution >= 0.6 is 0 Å². The third-order valence-corrected chi connectivity index (χ3v) is 2.74. The molecular weight excluding hydrogens is 232 g/mol. The second-order valence-electron chi connectivity index (χ2n) is 3.89. The highest BCUT2D eigenvalue weighted by Gasteiger charge is 2.16. The summed E-state index contributed by atoms with van der Waals surface area (Å²) in [6, 6.07) is 9.00. The molecule has 1 N–H and O–H groups in total. The number of fused-ring (bicyclic) bond motifs is 1. The molecule has 0 atom stereocenters. The molecule has 0 unspecified atom stereocenters. The lowest BCUT2D eigenvalue weighted by Crippen LogP contribution is -1.97. The molecule has 90 valence electrons. The smallest absolute Gasteiger partial charge is 0.356 e. The summed E-state index contributed by atoms with van der Waals surface area (Å²) in [4.78, 5) is 15.3. The maximum atomic E-state index is 11.1. The molecular formula is C13H10N2O3. The van der Waals surface area contributed by atoms with Crippen LogP contribution in [0.3, 0.4) is 0 Å². The first kappa shape index (κ1) is 10.6. The van der Waals surface area contributed by atoms with Gasteiger partial charge in [0.15, 0.2) is 5.69 Å². The minimum atomic E-state index is -1.02. The summed E-state index contributed by atoms with van der Waals surface area (Å²) in [6.07, 6.45) is 3.85. The van der Waals surface area contributed by atoms with Crippen LogP contribution in [0.4, 0.5) is 0 Å². The Morgan fingerprint density at radius 3 is 2.94 bits per heavy atom. The number of carbonyl (C=O) groups is 1. The zero-order valence-electron chi connectivity index (χ0n) is 9.41. The molecule has 0 aliphatic rings. The summed E-state index contributed by atoms with van der Waals surface area (Å²) in [7, 11) is 0. The Kier molecular flexibility index (Phi) is 2.37. The van der Waals surface area contributed by atoms with Crippen molar-refractivity contribution in [3.8, 4) is 0 Å². The van der Waals surface area contributed by atoms with Crippen molar-refractivity contribution in [2.45, 2.75) is 6.42 Å². The number of imidazole rings is 1. The minimum absolute atomic E-state index is 0.0668. The number of carboxylic acids is 1. The zero-order chi connectivity index (χ0) is 12.5. The molecule has 0 spiro atoms. The SMILES string of the molecule is O=C(O)c1nc(Cc2ccco2)n2ccccc12. The van der Waals surface area contributed by atoms with Crippen LogP contribution in [0.2, 0.25) is 0 Å². The van der Waals surface area contributed by atoms with Crippen molar-refractivity contribution in [1.82, 2.24) is 9.38 Å². The van der Waals surface area contributed by atoms with E-state index < -0.39 is 5.97 Å². The molecule has 18 heavy (non-hydrogen) atoms. The number of pyridine rings is 1. The molecule has 0 aliphatic carbocycles. The van der Waals surface area contributed by atoms with Gasteiger partial charge in [0.1, 0.15) is 11.6 Å². The van der Waals surface area contributed by atoms with Crippen LogP contribution in [0.25, 0.3) is 5.52 Å². The fourth-order valence-corrected chi connectivity index (χ4v) is 1.95. The van der Waals surface area contributed by atoms with E-state index in [0.717, 1.165) is 5.76 Å². The van der Waals surface area contributed by atoms with Crippen molar-refractivity contribution in [1.29, 1.82) is 0 Å². The van der Waals surface area contributed by atoms with Crippen molar-refractivity contribution in [2.75, 3.05) is 0 Å². The molecule has 0 bridgehead atoms. The van der Waals surface area contributed by atoms with Gasteiger partial charge in [0.2, 0.25) is 0 Å². The van der Waals surface area contributed by atoms with Gasteiger partial charge in [-0.1, -0.05) is 6.07 Å². The number of carboxylic acid groups (broad SMARTS) is 1. The van der Waals surface area contributed by atoms with Gasteiger partial charge in [-0.3, -0.25) is 0 Å². The van der Waals surface area contributed by atoms with Gasteiger partial charge in [-0.15, -0.1) is 0 Å². The van der Waals surface area contributed by atoms with E-state index >= 15 is 0 Å². The Labute approximate surface area is 102 Å². The zero-order valence-corrected chi connectivity index (χ0v) is 9.41. The lowest BCUT2D eigenvalue weighted by molar-refractivity contribution is 0.0693. The maximum Gasteiger partial charge on any atom is 0.356 e. The summed E-state index contributed by atoms with van der Waals surface area (Å²) in [5, 5.41) is 9.12. The molecule has 0 saturated carbocycles. The summed E-state index contributed by atoms with van der Waals surface area (Å²) in [5.41, 5.74) is 0.656. The number of aromatic nitrogens is 2. The molecule has 5 nitrogen and oxygen atoms in total. The Balaban J connectivity index is 2.14. The normalized spacial score (nSPS) is 10.9. The standard InChI is InChI=1S/C13H10N2O3/c16-13(17)12-10-5-1-2-6-15(10)11(14-12)8-9-4-3-7-18-9/h1-7H,8H2,(H,16,17). The predicted molar refractivity (Wildman–Crippen MR) is 63.7 cm³/mol. The molecule has 0 aromatic carbocycles. The maximum absolute atomic E-state index is 11.1. The van der Waals surface area contributed by atoms with E-state index in [1.165, 1.54) is 0 Å². The molecule has 0 amide bonds. The van der Waals surface area contributed by atoms with Crippen molar-refractivity contribution in [3.05, 3.63) is 60.1 Å². The first-order valence-corrected chi connectivity index (χ1v) is 5.47. The Morgan fingerprint density at radius 2 is 2.22 bits per heavy atom. The van der Waals surface area contributed by atoms with Crippen molar-refractivity contribution in [2.24, 2.45) is 0 Å². The lowest BCUT2D eigenvalue weighted by atomic mass is 10.3. The van der Waals surface area contributed by atoms with Gasteiger partial charge in [0, 0.05) is 6.20 Å². The molecule has 3 heterocycles. The number of nitrogens with zero attached hydrogens (tertiary/aromatic N) is 2. The van der Waals surface area contributed by atoms with Crippen molar-refractivity contribution >= 4 is 11.5 Å². The lowest BCUT2D eigenvalue weighted by Gasteiger charge is -1.98. The number of hydrogen-bond acceptors (Lipinski definition) is 3. The fourth-order valence-electron chi connectivity index (χ4n) is 1.95. The van der Waals surface area contributed by atoms with Gasteiger partial charge in [-0.25, -0.2) is 9.78 Å². The second-order valence-corrected chi connectivity index (χ2v) is 3.89. The quantitative estimate of drug-likeness (QED) is 0.764. The number of rotatable bonds is 3. The molecule has 0 radical (unpaired) electrons. The fraction of sp³-hybridized carbons (Fsp3) is 0.0769. The van der Waals surface area contributed by atoms with Crippen molar-refractivity contribution in [3.63, 3.8) is 0 Å². The van der Waals surface area contributed by atoms with Crippen LogP contribution < -0.4 is 0 Å². The average Bonchev–Trinajstić information content (AvgIpc) is 2.98. The third kappa shape index (κ3) is 1.66. The largest absolute Gasteiger partial charge is 0.476 e. The van der Waals surface area contributed by atoms with Crippen LogP contribution in [0, 0.1) is 0 Å². The highest BCUT2D eigenvalue weighted by molar-refractivity contribution is 5.93. The molecule has 0 aliphatic heterocycles. The summed E-state index contributed by atoms with van der Waals surface area (Å²) in [6.45, 7) is 0. The Bertz CT molecular complexity index is 698.